The van der Waals surface area contributed by atoms with E-state index in [1.165, 1.54) is 0 Å². The number of nitrogens with one attached hydrogen (secondary N) is 1. The minimum Gasteiger partial charge on any atom is -0.445 e. The van der Waals surface area contributed by atoms with Crippen LogP contribution in [0.15, 0.2) is 30.3 Å². The lowest BCUT2D eigenvalue weighted by molar-refractivity contribution is -0.0277. The normalized spacial score (nSPS) is 17.6. The maximum atomic E-state index is 12.3. The van der Waals surface area contributed by atoms with Gasteiger partial charge in [-0.05, 0) is 17.4 Å². The molecule has 1 aromatic carbocycles. The van der Waals surface area contributed by atoms with Crippen LogP contribution >= 0.6 is 0 Å². The molecule has 1 unspecified atom stereocenters. The van der Waals surface area contributed by atoms with Crippen molar-refractivity contribution in [2.24, 2.45) is 5.41 Å². The highest BCUT2D eigenvalue weighted by molar-refractivity contribution is 5.67. The van der Waals surface area contributed by atoms with E-state index >= 15 is 0 Å². The Bertz CT molecular complexity index is 598. The van der Waals surface area contributed by atoms with Gasteiger partial charge in [0.15, 0.2) is 0 Å². The number of carbonyl (C=O) groups is 1. The van der Waals surface area contributed by atoms with Crippen LogP contribution in [0.25, 0.3) is 0 Å². The Kier molecular flexibility index (Phi) is 7.89. The summed E-state index contributed by atoms with van der Waals surface area (Å²) in [6.07, 6.45) is 1.09. The number of carbonyl (C=O) groups excluding carboxylic acids is 1. The summed E-state index contributed by atoms with van der Waals surface area (Å²) in [6.45, 7) is 7.67. The summed E-state index contributed by atoms with van der Waals surface area (Å²) in [5.41, 5.74) is 1.05. The lowest BCUT2D eigenvalue weighted by Crippen LogP contribution is -2.49. The van der Waals surface area contributed by atoms with Crippen LogP contribution in [0.5, 0.6) is 0 Å². The average Bonchev–Trinajstić information content (AvgIpc) is 2.65. The topological polar surface area (TPSA) is 74.6 Å². The van der Waals surface area contributed by atoms with Crippen molar-refractivity contribution in [1.82, 2.24) is 10.2 Å². The maximum Gasteiger partial charge on any atom is 0.410 e. The molecule has 0 bridgehead atoms. The molecule has 142 valence electrons. The Morgan fingerprint density at radius 3 is 2.92 bits per heavy atom. The van der Waals surface area contributed by atoms with Gasteiger partial charge in [0, 0.05) is 26.1 Å². The van der Waals surface area contributed by atoms with Gasteiger partial charge in [-0.15, -0.1) is 0 Å². The summed E-state index contributed by atoms with van der Waals surface area (Å²) in [5.74, 6) is 0. The first-order chi connectivity index (χ1) is 12.5. The van der Waals surface area contributed by atoms with Gasteiger partial charge < -0.3 is 19.7 Å². The smallest absolute Gasteiger partial charge is 0.410 e. The second-order valence-electron chi connectivity index (χ2n) is 7.43. The molecule has 2 rings (SSSR count). The molecule has 6 nitrogen and oxygen atoms in total. The lowest BCUT2D eigenvalue weighted by Gasteiger charge is -2.33. The van der Waals surface area contributed by atoms with Crippen LogP contribution < -0.4 is 5.32 Å². The third kappa shape index (κ3) is 7.03. The molecule has 0 spiro atoms. The summed E-state index contributed by atoms with van der Waals surface area (Å²) in [7, 11) is 0. The molecule has 1 heterocycles. The van der Waals surface area contributed by atoms with Crippen LogP contribution in [0, 0.1) is 16.7 Å². The van der Waals surface area contributed by atoms with Crippen LogP contribution in [-0.4, -0.2) is 49.9 Å². The van der Waals surface area contributed by atoms with Crippen molar-refractivity contribution in [2.75, 3.05) is 32.8 Å². The highest BCUT2D eigenvalue weighted by atomic mass is 16.6. The molecule has 1 saturated heterocycles. The minimum absolute atomic E-state index is 0.0419. The Morgan fingerprint density at radius 1 is 1.42 bits per heavy atom. The molecule has 0 aliphatic carbocycles. The number of benzene rings is 1. The second kappa shape index (κ2) is 10.1. The Balaban J connectivity index is 1.71. The molecule has 0 radical (unpaired) electrons. The fraction of sp³-hybridized carbons (Fsp3) is 0.600. The molecule has 1 amide bonds. The zero-order chi connectivity index (χ0) is 18.8. The van der Waals surface area contributed by atoms with E-state index in [1.54, 1.807) is 4.90 Å². The van der Waals surface area contributed by atoms with E-state index in [9.17, 15) is 4.79 Å². The molecular weight excluding hydrogens is 330 g/mol. The molecule has 1 fully saturated rings. The summed E-state index contributed by atoms with van der Waals surface area (Å²) < 4.78 is 11.2. The maximum absolute atomic E-state index is 12.3. The summed E-state index contributed by atoms with van der Waals surface area (Å²) in [5, 5.41) is 12.1. The van der Waals surface area contributed by atoms with Gasteiger partial charge in [0.1, 0.15) is 6.61 Å². The summed E-state index contributed by atoms with van der Waals surface area (Å²) in [6, 6.07) is 11.9. The van der Waals surface area contributed by atoms with Crippen LogP contribution in [0.3, 0.4) is 0 Å². The van der Waals surface area contributed by atoms with Crippen LogP contribution in [0.2, 0.25) is 0 Å². The molecule has 6 heteroatoms. The predicted octanol–water partition coefficient (Wildman–Crippen LogP) is 2.94. The Morgan fingerprint density at radius 2 is 2.19 bits per heavy atom. The molecule has 1 aliphatic rings. The monoisotopic (exact) mass is 359 g/mol. The average molecular weight is 359 g/mol. The van der Waals surface area contributed by atoms with Crippen molar-refractivity contribution in [1.29, 1.82) is 5.26 Å². The summed E-state index contributed by atoms with van der Waals surface area (Å²) >= 11 is 0. The zero-order valence-electron chi connectivity index (χ0n) is 15.7. The molecule has 1 aromatic rings. The molecule has 1 aliphatic heterocycles. The van der Waals surface area contributed by atoms with Gasteiger partial charge in [0.2, 0.25) is 0 Å². The van der Waals surface area contributed by atoms with Crippen molar-refractivity contribution in [3.05, 3.63) is 35.9 Å². The Labute approximate surface area is 156 Å². The predicted molar refractivity (Wildman–Crippen MR) is 99.4 cm³/mol. The van der Waals surface area contributed by atoms with E-state index < -0.39 is 0 Å². The number of amides is 1. The van der Waals surface area contributed by atoms with Crippen molar-refractivity contribution < 1.29 is 14.3 Å². The van der Waals surface area contributed by atoms with Gasteiger partial charge in [-0.25, -0.2) is 4.79 Å². The standard InChI is InChI=1S/C20H29N3O3/c1-20(2,9-6-10-21)16-22-13-18-14-23(11-12-25-18)19(24)26-15-17-7-4-3-5-8-17/h3-5,7-8,18,22H,6,9,11-16H2,1-2H3. The molecule has 1 atom stereocenters. The van der Waals surface area contributed by atoms with E-state index in [0.717, 1.165) is 18.5 Å². The van der Waals surface area contributed by atoms with Crippen LogP contribution in [-0.2, 0) is 16.1 Å². The number of rotatable bonds is 8. The van der Waals surface area contributed by atoms with Gasteiger partial charge in [0.25, 0.3) is 0 Å². The first-order valence-electron chi connectivity index (χ1n) is 9.15. The first-order valence-corrected chi connectivity index (χ1v) is 9.15. The number of morpholine rings is 1. The van der Waals surface area contributed by atoms with Crippen molar-refractivity contribution in [2.45, 2.75) is 39.4 Å². The van der Waals surface area contributed by atoms with Gasteiger partial charge in [-0.1, -0.05) is 44.2 Å². The first kappa shape index (κ1) is 20.2. The lowest BCUT2D eigenvalue weighted by atomic mass is 9.88. The highest BCUT2D eigenvalue weighted by Gasteiger charge is 2.26. The number of hydrogen-bond acceptors (Lipinski definition) is 5. The van der Waals surface area contributed by atoms with Crippen LogP contribution in [0.4, 0.5) is 4.79 Å². The highest BCUT2D eigenvalue weighted by Crippen LogP contribution is 2.20. The van der Waals surface area contributed by atoms with Gasteiger partial charge >= 0.3 is 6.09 Å². The third-order valence-corrected chi connectivity index (χ3v) is 4.49. The Hall–Kier alpha value is -2.10. The van der Waals surface area contributed by atoms with E-state index in [-0.39, 0.29) is 24.2 Å². The zero-order valence-corrected chi connectivity index (χ0v) is 15.7. The minimum atomic E-state index is -0.295. The third-order valence-electron chi connectivity index (χ3n) is 4.49. The van der Waals surface area contributed by atoms with Crippen LogP contribution in [0.1, 0.15) is 32.3 Å². The van der Waals surface area contributed by atoms with E-state index in [0.29, 0.717) is 32.7 Å². The molecule has 1 N–H and O–H groups in total. The molecule has 0 aromatic heterocycles. The van der Waals surface area contributed by atoms with Crippen molar-refractivity contribution in [3.63, 3.8) is 0 Å². The number of nitriles is 1. The van der Waals surface area contributed by atoms with E-state index in [1.807, 2.05) is 30.3 Å². The quantitative estimate of drug-likeness (QED) is 0.772. The molecular formula is C20H29N3O3. The van der Waals surface area contributed by atoms with Gasteiger partial charge in [-0.2, -0.15) is 5.26 Å². The SMILES string of the molecule is CC(C)(CCC#N)CNCC1CN(C(=O)OCc2ccccc2)CCO1. The number of hydrogen-bond donors (Lipinski definition) is 1. The largest absolute Gasteiger partial charge is 0.445 e. The van der Waals surface area contributed by atoms with Crippen molar-refractivity contribution in [3.8, 4) is 6.07 Å². The van der Waals surface area contributed by atoms with Gasteiger partial charge in [-0.3, -0.25) is 0 Å². The second-order valence-corrected chi connectivity index (χ2v) is 7.43. The molecule has 26 heavy (non-hydrogen) atoms. The fourth-order valence-corrected chi connectivity index (χ4v) is 2.87. The van der Waals surface area contributed by atoms with Gasteiger partial charge in [0.05, 0.1) is 25.3 Å². The molecule has 0 saturated carbocycles. The van der Waals surface area contributed by atoms with E-state index in [2.05, 4.69) is 25.2 Å². The van der Waals surface area contributed by atoms with Crippen molar-refractivity contribution >= 4 is 6.09 Å². The number of ether oxygens (including phenoxy) is 2. The van der Waals surface area contributed by atoms with E-state index in [4.69, 9.17) is 14.7 Å². The number of nitrogens with zero attached hydrogens (tertiary/aromatic N) is 2. The summed E-state index contributed by atoms with van der Waals surface area (Å²) in [4.78, 5) is 14.0. The fourth-order valence-electron chi connectivity index (χ4n) is 2.87.